The van der Waals surface area contributed by atoms with Gasteiger partial charge >= 0.3 is 0 Å². The minimum absolute atomic E-state index is 0.0253. The van der Waals surface area contributed by atoms with Crippen LogP contribution in [0.3, 0.4) is 0 Å². The first-order chi connectivity index (χ1) is 15.6. The van der Waals surface area contributed by atoms with Crippen LogP contribution in [0.4, 0.5) is 11.4 Å². The summed E-state index contributed by atoms with van der Waals surface area (Å²) in [6.45, 7) is 13.5. The van der Waals surface area contributed by atoms with Crippen LogP contribution in [0, 0.1) is 25.2 Å². The third-order valence-corrected chi connectivity index (χ3v) is 6.29. The molecule has 1 N–H and O–H groups in total. The third-order valence-electron chi connectivity index (χ3n) is 6.29. The van der Waals surface area contributed by atoms with E-state index in [0.717, 1.165) is 40.9 Å². The average molecular weight is 444 g/mol. The van der Waals surface area contributed by atoms with Gasteiger partial charge in [0.25, 0.3) is 5.91 Å². The number of aryl methyl sites for hydroxylation is 1. The maximum Gasteiger partial charge on any atom is 0.266 e. The summed E-state index contributed by atoms with van der Waals surface area (Å²) < 4.78 is 5.69. The summed E-state index contributed by atoms with van der Waals surface area (Å²) in [5, 5.41) is 12.6. The molecule has 5 heteroatoms. The molecule has 2 aromatic rings. The molecule has 0 aliphatic carbocycles. The monoisotopic (exact) mass is 443 g/mol. The van der Waals surface area contributed by atoms with Crippen LogP contribution in [0.2, 0.25) is 0 Å². The van der Waals surface area contributed by atoms with Crippen LogP contribution < -0.4 is 15.0 Å². The first kappa shape index (κ1) is 24.1. The van der Waals surface area contributed by atoms with E-state index < -0.39 is 5.91 Å². The molecule has 1 amide bonds. The number of nitrogens with zero attached hydrogens (tertiary/aromatic N) is 2. The topological polar surface area (TPSA) is 65.4 Å². The molecule has 1 aliphatic heterocycles. The molecule has 0 spiro atoms. The van der Waals surface area contributed by atoms with Crippen LogP contribution in [0.15, 0.2) is 42.0 Å². The number of nitriles is 1. The number of carbonyl (C=O) groups excluding carboxylic acids is 1. The maximum absolute atomic E-state index is 12.9. The largest absolute Gasteiger partial charge is 0.496 e. The van der Waals surface area contributed by atoms with Gasteiger partial charge in [-0.15, -0.1) is 0 Å². The van der Waals surface area contributed by atoms with Gasteiger partial charge in [-0.3, -0.25) is 4.79 Å². The Hall–Kier alpha value is -3.52. The molecule has 0 atom stereocenters. The number of hydrogen-bond donors (Lipinski definition) is 1. The Kier molecular flexibility index (Phi) is 6.98. The normalized spacial score (nSPS) is 14.8. The number of hydrogen-bond acceptors (Lipinski definition) is 4. The molecule has 0 saturated heterocycles. The van der Waals surface area contributed by atoms with Crippen molar-refractivity contribution in [2.45, 2.75) is 53.5 Å². The Bertz CT molecular complexity index is 1180. The molecular formula is C28H33N3O2. The van der Waals surface area contributed by atoms with Crippen LogP contribution in [0.5, 0.6) is 5.75 Å². The summed E-state index contributed by atoms with van der Waals surface area (Å²) in [5.41, 5.74) is 6.73. The number of carbonyl (C=O) groups is 1. The van der Waals surface area contributed by atoms with Gasteiger partial charge in [0.2, 0.25) is 0 Å². The predicted octanol–water partition coefficient (Wildman–Crippen LogP) is 6.27. The number of rotatable bonds is 6. The highest BCUT2D eigenvalue weighted by Gasteiger charge is 2.31. The number of allylic oxidation sites excluding steroid dienone is 1. The molecule has 1 aliphatic rings. The van der Waals surface area contributed by atoms with Crippen LogP contribution in [-0.4, -0.2) is 25.1 Å². The lowest BCUT2D eigenvalue weighted by Gasteiger charge is -2.43. The van der Waals surface area contributed by atoms with Crippen molar-refractivity contribution in [1.29, 1.82) is 5.26 Å². The maximum atomic E-state index is 12.9. The van der Waals surface area contributed by atoms with E-state index in [-0.39, 0.29) is 11.1 Å². The van der Waals surface area contributed by atoms with Gasteiger partial charge in [0.15, 0.2) is 0 Å². The van der Waals surface area contributed by atoms with Gasteiger partial charge in [0.1, 0.15) is 17.4 Å². The van der Waals surface area contributed by atoms with Gasteiger partial charge in [-0.25, -0.2) is 0 Å². The van der Waals surface area contributed by atoms with E-state index >= 15 is 0 Å². The van der Waals surface area contributed by atoms with Crippen LogP contribution in [0.25, 0.3) is 11.6 Å². The van der Waals surface area contributed by atoms with Crippen LogP contribution >= 0.6 is 0 Å². The van der Waals surface area contributed by atoms with Gasteiger partial charge in [0, 0.05) is 35.1 Å². The van der Waals surface area contributed by atoms with Gasteiger partial charge < -0.3 is 15.0 Å². The number of methoxy groups -OCH3 is 1. The van der Waals surface area contributed by atoms with Crippen molar-refractivity contribution in [3.63, 3.8) is 0 Å². The van der Waals surface area contributed by atoms with E-state index in [2.05, 4.69) is 50.1 Å². The molecule has 33 heavy (non-hydrogen) atoms. The number of fused-ring (bicyclic) bond motifs is 1. The molecular weight excluding hydrogens is 410 g/mol. The summed E-state index contributed by atoms with van der Waals surface area (Å²) in [4.78, 5) is 15.3. The molecule has 0 bridgehead atoms. The zero-order valence-corrected chi connectivity index (χ0v) is 20.7. The lowest BCUT2D eigenvalue weighted by atomic mass is 9.87. The van der Waals surface area contributed by atoms with Crippen molar-refractivity contribution in [2.75, 3.05) is 23.9 Å². The van der Waals surface area contributed by atoms with Gasteiger partial charge in [-0.05, 0) is 75.9 Å². The van der Waals surface area contributed by atoms with E-state index in [0.29, 0.717) is 17.0 Å². The summed E-state index contributed by atoms with van der Waals surface area (Å²) >= 11 is 0. The van der Waals surface area contributed by atoms with E-state index in [9.17, 15) is 10.1 Å². The molecule has 172 valence electrons. The highest BCUT2D eigenvalue weighted by Crippen LogP contribution is 2.42. The summed E-state index contributed by atoms with van der Waals surface area (Å²) in [6, 6.07) is 11.8. The molecule has 2 aromatic carbocycles. The summed E-state index contributed by atoms with van der Waals surface area (Å²) in [5.74, 6) is 0.194. The Labute approximate surface area is 197 Å². The molecule has 1 heterocycles. The lowest BCUT2D eigenvalue weighted by Crippen LogP contribution is -2.45. The Morgan fingerprint density at radius 2 is 1.97 bits per heavy atom. The van der Waals surface area contributed by atoms with Crippen molar-refractivity contribution in [2.24, 2.45) is 0 Å². The second-order valence-corrected chi connectivity index (χ2v) is 9.12. The lowest BCUT2D eigenvalue weighted by molar-refractivity contribution is -0.112. The Morgan fingerprint density at radius 3 is 2.61 bits per heavy atom. The van der Waals surface area contributed by atoms with Crippen molar-refractivity contribution in [1.82, 2.24) is 0 Å². The van der Waals surface area contributed by atoms with Crippen LogP contribution in [-0.2, 0) is 4.79 Å². The zero-order valence-electron chi connectivity index (χ0n) is 20.7. The highest BCUT2D eigenvalue weighted by molar-refractivity contribution is 6.10. The minimum atomic E-state index is -0.438. The molecule has 0 radical (unpaired) electrons. The third kappa shape index (κ3) is 4.80. The molecule has 5 nitrogen and oxygen atoms in total. The average Bonchev–Trinajstić information content (AvgIpc) is 2.77. The zero-order chi connectivity index (χ0) is 24.3. The molecule has 0 aromatic heterocycles. The first-order valence-corrected chi connectivity index (χ1v) is 11.3. The van der Waals surface area contributed by atoms with E-state index in [1.807, 2.05) is 44.2 Å². The second kappa shape index (κ2) is 9.54. The molecule has 0 saturated carbocycles. The Balaban J connectivity index is 2.05. The predicted molar refractivity (Wildman–Crippen MR) is 136 cm³/mol. The number of amides is 1. The fourth-order valence-corrected chi connectivity index (χ4v) is 4.42. The van der Waals surface area contributed by atoms with E-state index in [1.54, 1.807) is 13.2 Å². The molecule has 0 unspecified atom stereocenters. The number of nitrogens with one attached hydrogen (secondary N) is 1. The standard InChI is InChI=1S/C28H33N3O2/c1-8-12-31-25-15-26(33-7)21(14-23(25)19(3)16-28(31,5)6)13-22(17-29)27(32)30-24-11-9-10-18(2)20(24)4/h9-11,13-16H,8,12H2,1-7H3,(H,30,32)/b22-13+. The summed E-state index contributed by atoms with van der Waals surface area (Å²) in [7, 11) is 1.61. The van der Waals surface area contributed by atoms with Crippen molar-refractivity contribution >= 4 is 28.9 Å². The van der Waals surface area contributed by atoms with E-state index in [4.69, 9.17) is 4.74 Å². The fraction of sp³-hybridized carbons (Fsp3) is 0.357. The highest BCUT2D eigenvalue weighted by atomic mass is 16.5. The van der Waals surface area contributed by atoms with Gasteiger partial charge in [0.05, 0.1) is 12.6 Å². The quantitative estimate of drug-likeness (QED) is 0.422. The van der Waals surface area contributed by atoms with E-state index in [1.165, 1.54) is 0 Å². The van der Waals surface area contributed by atoms with Crippen molar-refractivity contribution in [3.8, 4) is 11.8 Å². The SMILES string of the molecule is CCCN1c2cc(OC)c(/C=C(\C#N)C(=O)Nc3cccc(C)c3C)cc2C(C)=CC1(C)C. The van der Waals surface area contributed by atoms with Crippen molar-refractivity contribution < 1.29 is 9.53 Å². The molecule has 0 fully saturated rings. The smallest absolute Gasteiger partial charge is 0.266 e. The minimum Gasteiger partial charge on any atom is -0.496 e. The van der Waals surface area contributed by atoms with Crippen molar-refractivity contribution in [3.05, 3.63) is 64.2 Å². The first-order valence-electron chi connectivity index (χ1n) is 11.3. The summed E-state index contributed by atoms with van der Waals surface area (Å²) in [6.07, 6.45) is 4.90. The van der Waals surface area contributed by atoms with Gasteiger partial charge in [-0.2, -0.15) is 5.26 Å². The number of ether oxygens (including phenoxy) is 1. The fourth-order valence-electron chi connectivity index (χ4n) is 4.42. The number of benzene rings is 2. The molecule has 3 rings (SSSR count). The number of anilines is 2. The van der Waals surface area contributed by atoms with Gasteiger partial charge in [-0.1, -0.05) is 25.1 Å². The second-order valence-electron chi connectivity index (χ2n) is 9.12. The van der Waals surface area contributed by atoms with Crippen LogP contribution in [0.1, 0.15) is 56.4 Å². The Morgan fingerprint density at radius 1 is 1.24 bits per heavy atom.